The van der Waals surface area contributed by atoms with E-state index in [0.717, 1.165) is 6.20 Å². The van der Waals surface area contributed by atoms with E-state index >= 15 is 0 Å². The maximum Gasteiger partial charge on any atom is 0.433 e. The van der Waals surface area contributed by atoms with Crippen LogP contribution in [0.3, 0.4) is 0 Å². The molecule has 1 N–H and O–H groups in total. The zero-order chi connectivity index (χ0) is 10.3. The van der Waals surface area contributed by atoms with Crippen LogP contribution >= 0.6 is 0 Å². The highest BCUT2D eigenvalue weighted by molar-refractivity contribution is 5.37. The summed E-state index contributed by atoms with van der Waals surface area (Å²) in [4.78, 5) is 3.29. The molecule has 0 aromatic carbocycles. The van der Waals surface area contributed by atoms with Crippen LogP contribution in [-0.2, 0) is 12.6 Å². The Hall–Kier alpha value is -1.10. The molecule has 1 aliphatic rings. The summed E-state index contributed by atoms with van der Waals surface area (Å²) in [6.45, 7) is 0. The predicted octanol–water partition coefficient (Wildman–Crippen LogP) is 2.08. The van der Waals surface area contributed by atoms with Gasteiger partial charge < -0.3 is 5.11 Å². The number of alkyl halides is 3. The van der Waals surface area contributed by atoms with Crippen LogP contribution in [0.1, 0.15) is 29.3 Å². The monoisotopic (exact) mass is 203 g/mol. The van der Waals surface area contributed by atoms with Crippen molar-refractivity contribution in [3.63, 3.8) is 0 Å². The van der Waals surface area contributed by atoms with E-state index in [0.29, 0.717) is 18.4 Å². The molecule has 1 aromatic rings. The van der Waals surface area contributed by atoms with Gasteiger partial charge in [0.05, 0.1) is 6.10 Å². The minimum atomic E-state index is -4.48. The van der Waals surface area contributed by atoms with Gasteiger partial charge in [0.2, 0.25) is 0 Å². The minimum absolute atomic E-state index is 0.0417. The smallest absolute Gasteiger partial charge is 0.388 e. The van der Waals surface area contributed by atoms with Crippen molar-refractivity contribution in [2.24, 2.45) is 0 Å². The number of aryl methyl sites for hydroxylation is 1. The van der Waals surface area contributed by atoms with Gasteiger partial charge >= 0.3 is 6.18 Å². The van der Waals surface area contributed by atoms with Crippen LogP contribution in [0.4, 0.5) is 13.2 Å². The highest BCUT2D eigenvalue weighted by Crippen LogP contribution is 2.39. The fraction of sp³-hybridized carbons (Fsp3) is 0.444. The van der Waals surface area contributed by atoms with E-state index in [2.05, 4.69) is 4.98 Å². The van der Waals surface area contributed by atoms with Crippen LogP contribution in [0.5, 0.6) is 0 Å². The molecular formula is C9H8F3NO. The third-order valence-electron chi connectivity index (χ3n) is 2.37. The lowest BCUT2D eigenvalue weighted by atomic mass is 10.1. The standard InChI is InChI=1S/C9H8F3NO/c10-9(11,12)8-7-5(3-4-13-8)1-2-6(7)14/h3-4,6,14H,1-2H2. The maximum atomic E-state index is 12.4. The Bertz CT molecular complexity index is 362. The number of fused-ring (bicyclic) bond motifs is 1. The van der Waals surface area contributed by atoms with Crippen LogP contribution in [-0.4, -0.2) is 10.1 Å². The molecule has 1 aromatic heterocycles. The van der Waals surface area contributed by atoms with Gasteiger partial charge in [-0.3, -0.25) is 4.98 Å². The van der Waals surface area contributed by atoms with E-state index in [-0.39, 0.29) is 5.56 Å². The highest BCUT2D eigenvalue weighted by atomic mass is 19.4. The van der Waals surface area contributed by atoms with Crippen molar-refractivity contribution in [1.29, 1.82) is 0 Å². The van der Waals surface area contributed by atoms with Gasteiger partial charge in [-0.15, -0.1) is 0 Å². The van der Waals surface area contributed by atoms with Gasteiger partial charge in [-0.25, -0.2) is 0 Å². The lowest BCUT2D eigenvalue weighted by Crippen LogP contribution is -2.13. The van der Waals surface area contributed by atoms with E-state index in [1.54, 1.807) is 0 Å². The van der Waals surface area contributed by atoms with Crippen molar-refractivity contribution >= 4 is 0 Å². The van der Waals surface area contributed by atoms with Gasteiger partial charge in [-0.05, 0) is 24.5 Å². The van der Waals surface area contributed by atoms with Gasteiger partial charge in [-0.2, -0.15) is 13.2 Å². The highest BCUT2D eigenvalue weighted by Gasteiger charge is 2.39. The number of nitrogens with zero attached hydrogens (tertiary/aromatic N) is 1. The fourth-order valence-corrected chi connectivity index (χ4v) is 1.77. The van der Waals surface area contributed by atoms with Crippen LogP contribution in [0.2, 0.25) is 0 Å². The predicted molar refractivity (Wildman–Crippen MR) is 42.5 cm³/mol. The summed E-state index contributed by atoms with van der Waals surface area (Å²) in [6, 6.07) is 1.53. The Morgan fingerprint density at radius 2 is 2.14 bits per heavy atom. The Balaban J connectivity index is 2.58. The Kier molecular flexibility index (Phi) is 1.99. The van der Waals surface area contributed by atoms with Crippen molar-refractivity contribution < 1.29 is 18.3 Å². The zero-order valence-electron chi connectivity index (χ0n) is 7.17. The van der Waals surface area contributed by atoms with Gasteiger partial charge in [0, 0.05) is 11.8 Å². The quantitative estimate of drug-likeness (QED) is 0.700. The first kappa shape index (κ1) is 9.45. The average molecular weight is 203 g/mol. The molecule has 0 radical (unpaired) electrons. The molecule has 0 saturated carbocycles. The van der Waals surface area contributed by atoms with Crippen molar-refractivity contribution in [2.75, 3.05) is 0 Å². The summed E-state index contributed by atoms with van der Waals surface area (Å²) in [5.74, 6) is 0. The summed E-state index contributed by atoms with van der Waals surface area (Å²) in [6.07, 6.45) is -3.52. The van der Waals surface area contributed by atoms with E-state index in [4.69, 9.17) is 0 Å². The van der Waals surface area contributed by atoms with Crippen molar-refractivity contribution in [3.05, 3.63) is 29.1 Å². The van der Waals surface area contributed by atoms with Gasteiger partial charge in [0.1, 0.15) is 5.69 Å². The summed E-state index contributed by atoms with van der Waals surface area (Å²) in [5.41, 5.74) is -0.431. The normalized spacial score (nSPS) is 21.0. The lowest BCUT2D eigenvalue weighted by molar-refractivity contribution is -0.142. The zero-order valence-corrected chi connectivity index (χ0v) is 7.17. The van der Waals surface area contributed by atoms with Gasteiger partial charge in [0.15, 0.2) is 0 Å². The molecule has 0 bridgehead atoms. The largest absolute Gasteiger partial charge is 0.433 e. The van der Waals surface area contributed by atoms with E-state index < -0.39 is 18.0 Å². The lowest BCUT2D eigenvalue weighted by Gasteiger charge is -2.12. The summed E-state index contributed by atoms with van der Waals surface area (Å²) in [7, 11) is 0. The van der Waals surface area contributed by atoms with Gasteiger partial charge in [-0.1, -0.05) is 0 Å². The Labute approximate surface area is 78.4 Å². The van der Waals surface area contributed by atoms with Crippen LogP contribution in [0.15, 0.2) is 12.3 Å². The van der Waals surface area contributed by atoms with Gasteiger partial charge in [0.25, 0.3) is 0 Å². The summed E-state index contributed by atoms with van der Waals surface area (Å²) >= 11 is 0. The minimum Gasteiger partial charge on any atom is -0.388 e. The first-order valence-corrected chi connectivity index (χ1v) is 4.23. The van der Waals surface area contributed by atoms with E-state index in [1.165, 1.54) is 6.07 Å². The molecule has 0 amide bonds. The number of halogens is 3. The van der Waals surface area contributed by atoms with E-state index in [1.807, 2.05) is 0 Å². The van der Waals surface area contributed by atoms with Crippen LogP contribution in [0.25, 0.3) is 0 Å². The third kappa shape index (κ3) is 1.37. The number of rotatable bonds is 0. The molecule has 2 rings (SSSR count). The second-order valence-corrected chi connectivity index (χ2v) is 3.28. The second-order valence-electron chi connectivity index (χ2n) is 3.28. The second kappa shape index (κ2) is 2.95. The molecule has 0 fully saturated rings. The molecule has 5 heteroatoms. The molecule has 1 unspecified atom stereocenters. The molecule has 0 aliphatic heterocycles. The Morgan fingerprint density at radius 1 is 1.43 bits per heavy atom. The molecule has 76 valence electrons. The molecule has 1 aliphatic carbocycles. The number of aliphatic hydroxyl groups excluding tert-OH is 1. The summed E-state index contributed by atoms with van der Waals surface area (Å²) < 4.78 is 37.3. The molecule has 14 heavy (non-hydrogen) atoms. The number of pyridine rings is 1. The molecule has 0 saturated heterocycles. The van der Waals surface area contributed by atoms with E-state index in [9.17, 15) is 18.3 Å². The van der Waals surface area contributed by atoms with Crippen molar-refractivity contribution in [3.8, 4) is 0 Å². The first-order chi connectivity index (χ1) is 6.50. The van der Waals surface area contributed by atoms with Crippen molar-refractivity contribution in [2.45, 2.75) is 25.1 Å². The maximum absolute atomic E-state index is 12.4. The average Bonchev–Trinajstić information content (AvgIpc) is 2.46. The first-order valence-electron chi connectivity index (χ1n) is 4.23. The van der Waals surface area contributed by atoms with Crippen LogP contribution < -0.4 is 0 Å². The molecule has 0 spiro atoms. The number of aliphatic hydroxyl groups is 1. The molecule has 2 nitrogen and oxygen atoms in total. The topological polar surface area (TPSA) is 33.1 Å². The van der Waals surface area contributed by atoms with Crippen LogP contribution in [0, 0.1) is 0 Å². The van der Waals surface area contributed by atoms with Crippen molar-refractivity contribution in [1.82, 2.24) is 4.98 Å². The summed E-state index contributed by atoms with van der Waals surface area (Å²) in [5, 5.41) is 9.39. The molecule has 1 heterocycles. The third-order valence-corrected chi connectivity index (χ3v) is 2.37. The number of hydrogen-bond acceptors (Lipinski definition) is 2. The Morgan fingerprint density at radius 3 is 2.79 bits per heavy atom. The SMILES string of the molecule is OC1CCc2ccnc(C(F)(F)F)c21. The molecule has 1 atom stereocenters. The number of aromatic nitrogens is 1. The molecular weight excluding hydrogens is 195 g/mol. The number of hydrogen-bond donors (Lipinski definition) is 1. The fourth-order valence-electron chi connectivity index (χ4n) is 1.77.